The molecule has 8 bridgehead atoms. The predicted molar refractivity (Wildman–Crippen MR) is 114 cm³/mol. The number of dihydropyridines is 1. The molecule has 7 heterocycles. The van der Waals surface area contributed by atoms with Gasteiger partial charge in [0.25, 0.3) is 0 Å². The molecule has 7 rings (SSSR count). The second-order valence-corrected chi connectivity index (χ2v) is 7.25. The van der Waals surface area contributed by atoms with Crippen LogP contribution in [-0.2, 0) is 0 Å². The first-order chi connectivity index (χ1) is 15.3. The topological polar surface area (TPSA) is 102 Å². The van der Waals surface area contributed by atoms with E-state index in [2.05, 4.69) is 25.3 Å². The Hall–Kier alpha value is -4.59. The Balaban J connectivity index is 1.65. The van der Waals surface area contributed by atoms with Gasteiger partial charge in [-0.1, -0.05) is 18.2 Å². The van der Waals surface area contributed by atoms with E-state index in [1.54, 1.807) is 0 Å². The average Bonchev–Trinajstić information content (AvgIpc) is 3.23. The van der Waals surface area contributed by atoms with Gasteiger partial charge in [-0.15, -0.1) is 0 Å². The highest BCUT2D eigenvalue weighted by atomic mass is 15.0. The van der Waals surface area contributed by atoms with Gasteiger partial charge in [0.1, 0.15) is 46.1 Å². The molecular weight excluding hydrogens is 388 g/mol. The first kappa shape index (κ1) is 16.2. The number of aromatic nitrogens is 6. The summed E-state index contributed by atoms with van der Waals surface area (Å²) in [5.74, 6) is 0. The van der Waals surface area contributed by atoms with Gasteiger partial charge in [0, 0.05) is 0 Å². The van der Waals surface area contributed by atoms with Crippen molar-refractivity contribution >= 4 is 17.1 Å². The molecule has 0 atom stereocenters. The van der Waals surface area contributed by atoms with Crippen molar-refractivity contribution in [1.82, 2.24) is 35.2 Å². The van der Waals surface area contributed by atoms with E-state index in [-0.39, 0.29) is 0 Å². The Kier molecular flexibility index (Phi) is 3.12. The molecule has 31 heavy (non-hydrogen) atoms. The van der Waals surface area contributed by atoms with E-state index >= 15 is 0 Å². The molecule has 0 unspecified atom stereocenters. The van der Waals surface area contributed by atoms with E-state index in [9.17, 15) is 0 Å². The fraction of sp³-hybridized carbons (Fsp3) is 0. The molecule has 0 saturated carbocycles. The summed E-state index contributed by atoms with van der Waals surface area (Å²) in [5, 5.41) is 4.82. The summed E-state index contributed by atoms with van der Waals surface area (Å²) in [5.41, 5.74) is 7.42. The Labute approximate surface area is 175 Å². The summed E-state index contributed by atoms with van der Waals surface area (Å²) in [6.07, 6.45) is 9.00. The zero-order valence-electron chi connectivity index (χ0n) is 16.0. The van der Waals surface area contributed by atoms with Crippen molar-refractivity contribution in [2.24, 2.45) is 4.99 Å². The van der Waals surface area contributed by atoms with Gasteiger partial charge in [0.2, 0.25) is 0 Å². The van der Waals surface area contributed by atoms with E-state index in [0.29, 0.717) is 39.2 Å². The van der Waals surface area contributed by atoms with Crippen LogP contribution in [0.4, 0.5) is 5.69 Å². The van der Waals surface area contributed by atoms with Crippen molar-refractivity contribution in [2.75, 3.05) is 0 Å². The number of pyridine rings is 2. The van der Waals surface area contributed by atoms with E-state index in [4.69, 9.17) is 15.0 Å². The molecular formula is C23H12N8. The lowest BCUT2D eigenvalue weighted by molar-refractivity contribution is 1.05. The third kappa shape index (κ3) is 2.32. The molecule has 0 aromatic carbocycles. The number of hydrogen-bond donors (Lipinski definition) is 1. The number of allylic oxidation sites excluding steroid dienone is 2. The predicted octanol–water partition coefficient (Wildman–Crippen LogP) is 1.94. The van der Waals surface area contributed by atoms with E-state index < -0.39 is 0 Å². The molecule has 0 saturated heterocycles. The number of nitrogens with one attached hydrogen (secondary N) is 1. The maximum absolute atomic E-state index is 4.87. The summed E-state index contributed by atoms with van der Waals surface area (Å²) in [4.78, 5) is 32.5. The SMILES string of the molecule is C1=CC2=c3ncnc4c3=Nc3c(ncnc3-4)-c3cccc(n3)-c3cccc(n3)C(=C1)N2. The summed E-state index contributed by atoms with van der Waals surface area (Å²) in [7, 11) is 0. The molecule has 144 valence electrons. The minimum Gasteiger partial charge on any atom is -0.352 e. The second kappa shape index (κ2) is 5.96. The van der Waals surface area contributed by atoms with Crippen molar-refractivity contribution in [3.05, 3.63) is 83.7 Å². The van der Waals surface area contributed by atoms with Crippen LogP contribution in [0.3, 0.4) is 0 Å². The van der Waals surface area contributed by atoms with Crippen molar-refractivity contribution in [1.29, 1.82) is 0 Å². The molecule has 8 nitrogen and oxygen atoms in total. The minimum absolute atomic E-state index is 0.652. The van der Waals surface area contributed by atoms with Gasteiger partial charge in [-0.25, -0.2) is 34.9 Å². The van der Waals surface area contributed by atoms with Gasteiger partial charge in [0.15, 0.2) is 0 Å². The highest BCUT2D eigenvalue weighted by molar-refractivity contribution is 5.85. The first-order valence-electron chi connectivity index (χ1n) is 9.75. The van der Waals surface area contributed by atoms with E-state index in [1.165, 1.54) is 12.7 Å². The first-order valence-corrected chi connectivity index (χ1v) is 9.75. The number of hydrogen-bond acceptors (Lipinski definition) is 8. The Bertz CT molecular complexity index is 1620. The Morgan fingerprint density at radius 2 is 1.39 bits per heavy atom. The smallest absolute Gasteiger partial charge is 0.121 e. The molecule has 3 aliphatic rings. The van der Waals surface area contributed by atoms with Crippen LogP contribution in [-0.4, -0.2) is 29.9 Å². The highest BCUT2D eigenvalue weighted by Crippen LogP contribution is 2.36. The van der Waals surface area contributed by atoms with E-state index in [1.807, 2.05) is 54.6 Å². The highest BCUT2D eigenvalue weighted by Gasteiger charge is 2.24. The van der Waals surface area contributed by atoms with Crippen LogP contribution in [0.5, 0.6) is 0 Å². The quantitative estimate of drug-likeness (QED) is 0.424. The molecule has 0 amide bonds. The monoisotopic (exact) mass is 400 g/mol. The third-order valence-electron chi connectivity index (χ3n) is 5.42. The third-order valence-corrected chi connectivity index (χ3v) is 5.42. The zero-order chi connectivity index (χ0) is 20.4. The van der Waals surface area contributed by atoms with Crippen LogP contribution in [0.1, 0.15) is 5.69 Å². The fourth-order valence-corrected chi connectivity index (χ4v) is 4.01. The standard InChI is InChI=1S/C23H12N8/c1-4-12-14-6-2-8-16(29-14)18-22-20(26-10-24-18)21-23(31-22)19(25-11-27-21)17-9-3-7-15(30-17)13(5-1)28-12/h1-11,29H. The molecule has 1 N–H and O–H groups in total. The van der Waals surface area contributed by atoms with Gasteiger partial charge in [-0.3, -0.25) is 0 Å². The zero-order valence-corrected chi connectivity index (χ0v) is 16.0. The largest absolute Gasteiger partial charge is 0.352 e. The molecule has 4 aromatic rings. The maximum atomic E-state index is 4.87. The van der Waals surface area contributed by atoms with Crippen LogP contribution in [0.2, 0.25) is 0 Å². The van der Waals surface area contributed by atoms with Crippen molar-refractivity contribution < 1.29 is 0 Å². The number of fused-ring (bicyclic) bond motifs is 10. The van der Waals surface area contributed by atoms with Crippen LogP contribution >= 0.6 is 0 Å². The summed E-state index contributed by atoms with van der Waals surface area (Å²) in [6, 6.07) is 11.7. The molecule has 4 aromatic heterocycles. The van der Waals surface area contributed by atoms with Gasteiger partial charge >= 0.3 is 0 Å². The average molecular weight is 400 g/mol. The molecule has 3 aliphatic heterocycles. The van der Waals surface area contributed by atoms with Crippen molar-refractivity contribution in [3.8, 4) is 34.2 Å². The summed E-state index contributed by atoms with van der Waals surface area (Å²) in [6.45, 7) is 0. The Morgan fingerprint density at radius 3 is 2.29 bits per heavy atom. The van der Waals surface area contributed by atoms with E-state index in [0.717, 1.165) is 28.5 Å². The van der Waals surface area contributed by atoms with Crippen LogP contribution in [0.15, 0.2) is 72.3 Å². The summed E-state index contributed by atoms with van der Waals surface area (Å²) >= 11 is 0. The number of nitrogens with zero attached hydrogens (tertiary/aromatic N) is 7. The van der Waals surface area contributed by atoms with Gasteiger partial charge in [0.05, 0.1) is 34.2 Å². The van der Waals surface area contributed by atoms with Crippen LogP contribution < -0.4 is 16.0 Å². The van der Waals surface area contributed by atoms with Crippen molar-refractivity contribution in [2.45, 2.75) is 0 Å². The summed E-state index contributed by atoms with van der Waals surface area (Å²) < 4.78 is 0. The van der Waals surface area contributed by atoms with Crippen molar-refractivity contribution in [3.63, 3.8) is 0 Å². The van der Waals surface area contributed by atoms with Gasteiger partial charge in [-0.05, 0) is 36.4 Å². The minimum atomic E-state index is 0.652. The molecule has 0 fully saturated rings. The van der Waals surface area contributed by atoms with Gasteiger partial charge in [-0.2, -0.15) is 0 Å². The fourth-order valence-electron chi connectivity index (χ4n) is 4.01. The Morgan fingerprint density at radius 1 is 0.677 bits per heavy atom. The van der Waals surface area contributed by atoms with Crippen LogP contribution in [0.25, 0.3) is 45.6 Å². The normalized spacial score (nSPS) is 14.3. The molecule has 0 radical (unpaired) electrons. The lowest BCUT2D eigenvalue weighted by atomic mass is 10.1. The molecule has 8 heteroatoms. The lowest BCUT2D eigenvalue weighted by Gasteiger charge is -2.15. The second-order valence-electron chi connectivity index (χ2n) is 7.25. The molecule has 0 spiro atoms. The lowest BCUT2D eigenvalue weighted by Crippen LogP contribution is -2.35. The molecule has 0 aliphatic carbocycles. The van der Waals surface area contributed by atoms with Gasteiger partial charge < -0.3 is 5.32 Å². The maximum Gasteiger partial charge on any atom is 0.121 e. The number of rotatable bonds is 0. The van der Waals surface area contributed by atoms with Crippen LogP contribution in [0, 0.1) is 0 Å².